The summed E-state index contributed by atoms with van der Waals surface area (Å²) < 4.78 is 0. The lowest BCUT2D eigenvalue weighted by Crippen LogP contribution is -2.49. The molecule has 1 heterocycles. The van der Waals surface area contributed by atoms with Gasteiger partial charge in [-0.15, -0.1) is 0 Å². The van der Waals surface area contributed by atoms with Crippen LogP contribution in [0.5, 0.6) is 0 Å². The second-order valence-corrected chi connectivity index (χ2v) is 9.63. The Morgan fingerprint density at radius 3 is 2.27 bits per heavy atom. The topological polar surface area (TPSA) is 69.9 Å². The third-order valence-electron chi connectivity index (χ3n) is 6.11. The van der Waals surface area contributed by atoms with Crippen LogP contribution in [-0.2, 0) is 16.0 Å². The molecule has 1 fully saturated rings. The summed E-state index contributed by atoms with van der Waals surface area (Å²) in [5, 5.41) is 0.704. The SMILES string of the molecule is CC(C)CN(C)C(C(N)=O)c1ccccc1N1CCN(C(=O)CCc2ccc(Cl)cc2)CC1. The van der Waals surface area contributed by atoms with Crippen LogP contribution in [0.1, 0.15) is 37.4 Å². The van der Waals surface area contributed by atoms with Crippen molar-refractivity contribution in [2.45, 2.75) is 32.7 Å². The minimum Gasteiger partial charge on any atom is -0.368 e. The van der Waals surface area contributed by atoms with Gasteiger partial charge in [0, 0.05) is 55.4 Å². The van der Waals surface area contributed by atoms with Crippen molar-refractivity contribution in [2.75, 3.05) is 44.7 Å². The summed E-state index contributed by atoms with van der Waals surface area (Å²) in [5.74, 6) is 0.248. The molecule has 2 aromatic carbocycles. The molecule has 2 aromatic rings. The Morgan fingerprint density at radius 1 is 1.03 bits per heavy atom. The van der Waals surface area contributed by atoms with Gasteiger partial charge in [-0.2, -0.15) is 0 Å². The van der Waals surface area contributed by atoms with Crippen LogP contribution in [0.4, 0.5) is 5.69 Å². The summed E-state index contributed by atoms with van der Waals surface area (Å²) in [4.78, 5) is 31.4. The first-order valence-corrected chi connectivity index (χ1v) is 12.0. The number of piperazine rings is 1. The lowest BCUT2D eigenvalue weighted by atomic mass is 10.00. The zero-order valence-electron chi connectivity index (χ0n) is 19.8. The quantitative estimate of drug-likeness (QED) is 0.606. The number of primary amides is 1. The first-order valence-electron chi connectivity index (χ1n) is 11.6. The number of halogens is 1. The van der Waals surface area contributed by atoms with Gasteiger partial charge in [-0.25, -0.2) is 0 Å². The number of carbonyl (C=O) groups excluding carboxylic acids is 2. The van der Waals surface area contributed by atoms with Crippen LogP contribution in [0.3, 0.4) is 0 Å². The number of para-hydroxylation sites is 1. The highest BCUT2D eigenvalue weighted by Crippen LogP contribution is 2.31. The molecule has 1 unspecified atom stereocenters. The second-order valence-electron chi connectivity index (χ2n) is 9.19. The molecule has 0 aromatic heterocycles. The molecule has 1 atom stereocenters. The van der Waals surface area contributed by atoms with Gasteiger partial charge in [0.15, 0.2) is 0 Å². The normalized spacial score (nSPS) is 15.2. The van der Waals surface area contributed by atoms with Crippen LogP contribution in [0.25, 0.3) is 0 Å². The standard InChI is InChI=1S/C26H35ClN4O2/c1-19(2)18-29(3)25(26(28)33)22-6-4-5-7-23(22)30-14-16-31(17-15-30)24(32)13-10-20-8-11-21(27)12-9-20/h4-9,11-12,19,25H,10,13-18H2,1-3H3,(H2,28,33). The molecule has 7 heteroatoms. The predicted molar refractivity (Wildman–Crippen MR) is 134 cm³/mol. The highest BCUT2D eigenvalue weighted by molar-refractivity contribution is 6.30. The summed E-state index contributed by atoms with van der Waals surface area (Å²) in [7, 11) is 1.95. The zero-order valence-corrected chi connectivity index (χ0v) is 20.6. The van der Waals surface area contributed by atoms with Crippen molar-refractivity contribution in [1.82, 2.24) is 9.80 Å². The number of nitrogens with zero attached hydrogens (tertiary/aromatic N) is 3. The van der Waals surface area contributed by atoms with Crippen molar-refractivity contribution in [3.8, 4) is 0 Å². The molecule has 2 amide bonds. The van der Waals surface area contributed by atoms with Crippen molar-refractivity contribution in [3.05, 3.63) is 64.7 Å². The molecular formula is C26H35ClN4O2. The Bertz CT molecular complexity index is 940. The number of aryl methyl sites for hydroxylation is 1. The van der Waals surface area contributed by atoms with Gasteiger partial charge in [0.2, 0.25) is 11.8 Å². The van der Waals surface area contributed by atoms with E-state index in [0.29, 0.717) is 36.9 Å². The molecule has 1 aliphatic heterocycles. The summed E-state index contributed by atoms with van der Waals surface area (Å²) >= 11 is 5.94. The third kappa shape index (κ3) is 6.71. The van der Waals surface area contributed by atoms with E-state index in [9.17, 15) is 9.59 Å². The number of amides is 2. The third-order valence-corrected chi connectivity index (χ3v) is 6.36. The molecule has 0 saturated carbocycles. The fraction of sp³-hybridized carbons (Fsp3) is 0.462. The maximum absolute atomic E-state index is 12.8. The van der Waals surface area contributed by atoms with Crippen molar-refractivity contribution in [1.29, 1.82) is 0 Å². The van der Waals surface area contributed by atoms with E-state index in [1.165, 1.54) is 0 Å². The van der Waals surface area contributed by atoms with Gasteiger partial charge in [-0.05, 0) is 43.1 Å². The highest BCUT2D eigenvalue weighted by atomic mass is 35.5. The first kappa shape index (κ1) is 25.1. The van der Waals surface area contributed by atoms with Crippen molar-refractivity contribution >= 4 is 29.1 Å². The number of likely N-dealkylation sites (N-methyl/N-ethyl adjacent to an activating group) is 1. The number of carbonyl (C=O) groups is 2. The van der Waals surface area contributed by atoms with Crippen molar-refractivity contribution < 1.29 is 9.59 Å². The largest absolute Gasteiger partial charge is 0.368 e. The Labute approximate surface area is 202 Å². The molecule has 178 valence electrons. The van der Waals surface area contributed by atoms with Crippen LogP contribution in [0, 0.1) is 5.92 Å². The van der Waals surface area contributed by atoms with E-state index < -0.39 is 6.04 Å². The maximum atomic E-state index is 12.8. The van der Waals surface area contributed by atoms with E-state index in [2.05, 4.69) is 18.7 Å². The maximum Gasteiger partial charge on any atom is 0.239 e. The molecule has 3 rings (SSSR count). The van der Waals surface area contributed by atoms with E-state index in [1.807, 2.05) is 65.4 Å². The second kappa shape index (κ2) is 11.5. The summed E-state index contributed by atoms with van der Waals surface area (Å²) in [6, 6.07) is 15.1. The fourth-order valence-electron chi connectivity index (χ4n) is 4.55. The van der Waals surface area contributed by atoms with Gasteiger partial charge in [-0.3, -0.25) is 14.5 Å². The summed E-state index contributed by atoms with van der Waals surface area (Å²) in [6.45, 7) is 7.81. The number of nitrogens with two attached hydrogens (primary N) is 1. The molecule has 0 bridgehead atoms. The van der Waals surface area contributed by atoms with Gasteiger partial charge in [-0.1, -0.05) is 55.8 Å². The van der Waals surface area contributed by atoms with Gasteiger partial charge in [0.25, 0.3) is 0 Å². The lowest BCUT2D eigenvalue weighted by molar-refractivity contribution is -0.131. The Kier molecular flexibility index (Phi) is 8.75. The average Bonchev–Trinajstić information content (AvgIpc) is 2.78. The minimum absolute atomic E-state index is 0.171. The average molecular weight is 471 g/mol. The number of hydrogen-bond acceptors (Lipinski definition) is 4. The van der Waals surface area contributed by atoms with Gasteiger partial charge in [0.1, 0.15) is 6.04 Å². The Morgan fingerprint density at radius 2 is 1.67 bits per heavy atom. The van der Waals surface area contributed by atoms with Crippen LogP contribution in [-0.4, -0.2) is 61.4 Å². The molecule has 0 aliphatic carbocycles. The van der Waals surface area contributed by atoms with E-state index in [-0.39, 0.29) is 11.8 Å². The fourth-order valence-corrected chi connectivity index (χ4v) is 4.68. The number of rotatable bonds is 9. The molecule has 1 saturated heterocycles. The smallest absolute Gasteiger partial charge is 0.239 e. The molecule has 0 spiro atoms. The molecule has 2 N–H and O–H groups in total. The molecular weight excluding hydrogens is 436 g/mol. The molecule has 1 aliphatic rings. The minimum atomic E-state index is -0.484. The predicted octanol–water partition coefficient (Wildman–Crippen LogP) is 3.74. The first-order chi connectivity index (χ1) is 15.8. The van der Waals surface area contributed by atoms with Gasteiger partial charge >= 0.3 is 0 Å². The summed E-state index contributed by atoms with van der Waals surface area (Å²) in [5.41, 5.74) is 8.90. The Hall–Kier alpha value is -2.57. The Balaban J connectivity index is 1.64. The van der Waals surface area contributed by atoms with Crippen molar-refractivity contribution in [2.24, 2.45) is 11.7 Å². The number of anilines is 1. The van der Waals surface area contributed by atoms with Crippen LogP contribution < -0.4 is 10.6 Å². The van der Waals surface area contributed by atoms with Crippen LogP contribution in [0.2, 0.25) is 5.02 Å². The lowest BCUT2D eigenvalue weighted by Gasteiger charge is -2.38. The van der Waals surface area contributed by atoms with Crippen LogP contribution >= 0.6 is 11.6 Å². The molecule has 6 nitrogen and oxygen atoms in total. The van der Waals surface area contributed by atoms with E-state index in [4.69, 9.17) is 17.3 Å². The summed E-state index contributed by atoms with van der Waals surface area (Å²) in [6.07, 6.45) is 1.20. The number of hydrogen-bond donors (Lipinski definition) is 1. The van der Waals surface area contributed by atoms with E-state index in [1.54, 1.807) is 0 Å². The van der Waals surface area contributed by atoms with Gasteiger partial charge in [0.05, 0.1) is 0 Å². The van der Waals surface area contributed by atoms with Gasteiger partial charge < -0.3 is 15.5 Å². The highest BCUT2D eigenvalue weighted by Gasteiger charge is 2.29. The molecule has 0 radical (unpaired) electrons. The number of benzene rings is 2. The monoisotopic (exact) mass is 470 g/mol. The van der Waals surface area contributed by atoms with E-state index in [0.717, 1.165) is 36.4 Å². The van der Waals surface area contributed by atoms with Crippen molar-refractivity contribution in [3.63, 3.8) is 0 Å². The van der Waals surface area contributed by atoms with Crippen LogP contribution in [0.15, 0.2) is 48.5 Å². The molecule has 33 heavy (non-hydrogen) atoms. The van der Waals surface area contributed by atoms with E-state index >= 15 is 0 Å². The zero-order chi connectivity index (χ0) is 24.0.